The van der Waals surface area contributed by atoms with Crippen molar-refractivity contribution in [3.63, 3.8) is 0 Å². The van der Waals surface area contributed by atoms with Crippen LogP contribution < -0.4 is 5.32 Å². The molecule has 0 saturated carbocycles. The Morgan fingerprint density at radius 2 is 1.76 bits per heavy atom. The molecule has 2 bridgehead atoms. The lowest BCUT2D eigenvalue weighted by atomic mass is 9.88. The zero-order chi connectivity index (χ0) is 24.0. The molecule has 1 N–H and O–H groups in total. The van der Waals surface area contributed by atoms with Crippen LogP contribution in [0.2, 0.25) is 0 Å². The lowest BCUT2D eigenvalue weighted by Gasteiger charge is -2.39. The summed E-state index contributed by atoms with van der Waals surface area (Å²) in [7, 11) is 1.51. The largest absolute Gasteiger partial charge is 0.416 e. The standard InChI is InChI=1S/C20H23F6N5O2/c1-18-8-14(17-28-30-31(29-17)10-32-2)15(27-18)3-4-16(18)33-9-11-5-12(19(21,22)23)7-13(6-11)20(24,25)26/h5-7,14-16,27H,3-4,8-10H2,1-2H3. The Labute approximate surface area is 185 Å². The Hall–Kier alpha value is -2.25. The highest BCUT2D eigenvalue weighted by atomic mass is 19.4. The van der Waals surface area contributed by atoms with E-state index in [-0.39, 0.29) is 36.9 Å². The lowest BCUT2D eigenvalue weighted by Crippen LogP contribution is -2.54. The van der Waals surface area contributed by atoms with Gasteiger partial charge < -0.3 is 14.8 Å². The highest BCUT2D eigenvalue weighted by Crippen LogP contribution is 2.45. The number of piperidine rings is 1. The van der Waals surface area contributed by atoms with Crippen LogP contribution in [0.4, 0.5) is 26.3 Å². The first kappa shape index (κ1) is 23.9. The highest BCUT2D eigenvalue weighted by molar-refractivity contribution is 5.33. The van der Waals surface area contributed by atoms with E-state index in [9.17, 15) is 26.3 Å². The summed E-state index contributed by atoms with van der Waals surface area (Å²) in [6, 6.07) is 1.58. The third-order valence-corrected chi connectivity index (χ3v) is 6.24. The van der Waals surface area contributed by atoms with E-state index in [2.05, 4.69) is 20.7 Å². The number of rotatable bonds is 6. The topological polar surface area (TPSA) is 74.1 Å². The van der Waals surface area contributed by atoms with Crippen molar-refractivity contribution in [3.8, 4) is 0 Å². The molecule has 2 aliphatic rings. The summed E-state index contributed by atoms with van der Waals surface area (Å²) < 4.78 is 89.6. The third-order valence-electron chi connectivity index (χ3n) is 6.24. The predicted octanol–water partition coefficient (Wildman–Crippen LogP) is 3.90. The van der Waals surface area contributed by atoms with Crippen molar-refractivity contribution in [2.45, 2.75) is 75.5 Å². The maximum Gasteiger partial charge on any atom is 0.416 e. The number of nitrogens with zero attached hydrogens (tertiary/aromatic N) is 4. The first-order chi connectivity index (χ1) is 15.4. The van der Waals surface area contributed by atoms with Crippen LogP contribution in [-0.4, -0.2) is 45.0 Å². The number of tetrazole rings is 1. The lowest BCUT2D eigenvalue weighted by molar-refractivity contribution is -0.143. The van der Waals surface area contributed by atoms with E-state index in [0.717, 1.165) is 0 Å². The quantitative estimate of drug-likeness (QED) is 0.634. The zero-order valence-electron chi connectivity index (χ0n) is 17.9. The van der Waals surface area contributed by atoms with E-state index in [0.29, 0.717) is 37.2 Å². The van der Waals surface area contributed by atoms with Crippen LogP contribution in [0.15, 0.2) is 18.2 Å². The van der Waals surface area contributed by atoms with Crippen molar-refractivity contribution >= 4 is 0 Å². The van der Waals surface area contributed by atoms with Gasteiger partial charge in [0.05, 0.1) is 23.8 Å². The number of aromatic nitrogens is 4. The summed E-state index contributed by atoms with van der Waals surface area (Å²) in [4.78, 5) is 1.33. The Morgan fingerprint density at radius 3 is 2.36 bits per heavy atom. The SMILES string of the molecule is COCn1nnc(C2CC3(C)NC2CCC3OCc2cc(C(F)(F)F)cc(C(F)(F)F)c2)n1. The van der Waals surface area contributed by atoms with Crippen LogP contribution in [0.25, 0.3) is 0 Å². The van der Waals surface area contributed by atoms with Gasteiger partial charge in [-0.2, -0.15) is 26.3 Å². The summed E-state index contributed by atoms with van der Waals surface area (Å²) in [5, 5.41) is 15.9. The monoisotopic (exact) mass is 479 g/mol. The molecule has 0 spiro atoms. The van der Waals surface area contributed by atoms with Crippen LogP contribution in [-0.2, 0) is 35.2 Å². The summed E-state index contributed by atoms with van der Waals surface area (Å²) >= 11 is 0. The van der Waals surface area contributed by atoms with E-state index in [4.69, 9.17) is 9.47 Å². The molecule has 3 heterocycles. The van der Waals surface area contributed by atoms with Gasteiger partial charge in [0.2, 0.25) is 0 Å². The van der Waals surface area contributed by atoms with Gasteiger partial charge in [0.1, 0.15) is 0 Å². The highest BCUT2D eigenvalue weighted by Gasteiger charge is 2.52. The van der Waals surface area contributed by atoms with Gasteiger partial charge in [-0.3, -0.25) is 0 Å². The van der Waals surface area contributed by atoms with Crippen molar-refractivity contribution in [1.29, 1.82) is 0 Å². The molecule has 7 nitrogen and oxygen atoms in total. The minimum absolute atomic E-state index is 0.0420. The number of halogens is 6. The molecule has 0 radical (unpaired) electrons. The van der Waals surface area contributed by atoms with Crippen molar-refractivity contribution in [3.05, 3.63) is 40.7 Å². The summed E-state index contributed by atoms with van der Waals surface area (Å²) in [6.45, 7) is 1.72. The summed E-state index contributed by atoms with van der Waals surface area (Å²) in [5.74, 6) is 0.515. The number of nitrogens with one attached hydrogen (secondary N) is 1. The fraction of sp³-hybridized carbons (Fsp3) is 0.650. The van der Waals surface area contributed by atoms with Crippen LogP contribution in [0.5, 0.6) is 0 Å². The molecule has 13 heteroatoms. The van der Waals surface area contributed by atoms with E-state index < -0.39 is 35.1 Å². The molecule has 182 valence electrons. The first-order valence-corrected chi connectivity index (χ1v) is 10.3. The molecule has 2 fully saturated rings. The van der Waals surface area contributed by atoms with Crippen LogP contribution in [0.1, 0.15) is 54.6 Å². The average molecular weight is 479 g/mol. The van der Waals surface area contributed by atoms with Gasteiger partial charge in [-0.1, -0.05) is 0 Å². The molecule has 0 aliphatic carbocycles. The molecule has 33 heavy (non-hydrogen) atoms. The number of methoxy groups -OCH3 is 1. The van der Waals surface area contributed by atoms with Crippen molar-refractivity contribution in [2.75, 3.05) is 7.11 Å². The number of hydrogen-bond donors (Lipinski definition) is 1. The minimum Gasteiger partial charge on any atom is -0.372 e. The fourth-order valence-corrected chi connectivity index (χ4v) is 4.74. The fourth-order valence-electron chi connectivity index (χ4n) is 4.74. The number of hydrogen-bond acceptors (Lipinski definition) is 6. The molecule has 4 unspecified atom stereocenters. The van der Waals surface area contributed by atoms with E-state index in [1.165, 1.54) is 11.9 Å². The second-order valence-electron chi connectivity index (χ2n) is 8.71. The Balaban J connectivity index is 1.48. The van der Waals surface area contributed by atoms with Gasteiger partial charge in [-0.15, -0.1) is 15.0 Å². The molecule has 4 atom stereocenters. The molecule has 2 aliphatic heterocycles. The van der Waals surface area contributed by atoms with Gasteiger partial charge in [-0.05, 0) is 55.2 Å². The summed E-state index contributed by atoms with van der Waals surface area (Å²) in [5.41, 5.74) is -3.42. The van der Waals surface area contributed by atoms with Crippen LogP contribution in [0.3, 0.4) is 0 Å². The maximum atomic E-state index is 13.1. The maximum absolute atomic E-state index is 13.1. The normalized spacial score (nSPS) is 27.8. The number of alkyl halides is 6. The molecule has 1 aromatic carbocycles. The Bertz CT molecular complexity index is 962. The molecular weight excluding hydrogens is 456 g/mol. The van der Waals surface area contributed by atoms with Crippen LogP contribution in [0, 0.1) is 0 Å². The molecule has 2 saturated heterocycles. The second kappa shape index (κ2) is 8.51. The van der Waals surface area contributed by atoms with E-state index >= 15 is 0 Å². The van der Waals surface area contributed by atoms with Crippen molar-refractivity contribution in [2.24, 2.45) is 0 Å². The number of fused-ring (bicyclic) bond motifs is 2. The zero-order valence-corrected chi connectivity index (χ0v) is 17.9. The molecule has 2 aromatic rings. The molecule has 4 rings (SSSR count). The molecule has 0 amide bonds. The van der Waals surface area contributed by atoms with Crippen LogP contribution >= 0.6 is 0 Å². The number of benzene rings is 1. The van der Waals surface area contributed by atoms with E-state index in [1.807, 2.05) is 6.92 Å². The Morgan fingerprint density at radius 1 is 1.09 bits per heavy atom. The van der Waals surface area contributed by atoms with Crippen molar-refractivity contribution in [1.82, 2.24) is 25.5 Å². The minimum atomic E-state index is -4.90. The second-order valence-corrected chi connectivity index (χ2v) is 8.71. The number of ether oxygens (including phenoxy) is 2. The first-order valence-electron chi connectivity index (χ1n) is 10.3. The smallest absolute Gasteiger partial charge is 0.372 e. The van der Waals surface area contributed by atoms with Gasteiger partial charge in [-0.25, -0.2) is 0 Å². The van der Waals surface area contributed by atoms with Gasteiger partial charge >= 0.3 is 12.4 Å². The summed E-state index contributed by atoms with van der Waals surface area (Å²) in [6.07, 6.45) is -8.31. The van der Waals surface area contributed by atoms with Gasteiger partial charge in [0.15, 0.2) is 12.6 Å². The van der Waals surface area contributed by atoms with Gasteiger partial charge in [0.25, 0.3) is 0 Å². The molecular formula is C20H23F6N5O2. The van der Waals surface area contributed by atoms with E-state index in [1.54, 1.807) is 0 Å². The Kier molecular flexibility index (Phi) is 6.16. The third kappa shape index (κ3) is 4.99. The average Bonchev–Trinajstić information content (AvgIpc) is 3.28. The van der Waals surface area contributed by atoms with Gasteiger partial charge in [0, 0.05) is 24.6 Å². The predicted molar refractivity (Wildman–Crippen MR) is 102 cm³/mol. The molecule has 1 aromatic heterocycles. The van der Waals surface area contributed by atoms with Crippen molar-refractivity contribution < 1.29 is 35.8 Å².